The second-order valence-corrected chi connectivity index (χ2v) is 4.70. The molecular formula is C16H20FN3O. The van der Waals surface area contributed by atoms with Gasteiger partial charge in [0.2, 0.25) is 0 Å². The lowest BCUT2D eigenvalue weighted by Gasteiger charge is -2.09. The van der Waals surface area contributed by atoms with Crippen LogP contribution in [-0.2, 0) is 6.42 Å². The SMILES string of the molecule is CCCc1cc(NCC)nc(-c2ccc(OC)c(F)c2)n1. The van der Waals surface area contributed by atoms with Gasteiger partial charge in [0, 0.05) is 23.9 Å². The van der Waals surface area contributed by atoms with Crippen LogP contribution in [0.5, 0.6) is 5.75 Å². The molecule has 0 amide bonds. The van der Waals surface area contributed by atoms with Gasteiger partial charge in [0.15, 0.2) is 17.4 Å². The average Bonchev–Trinajstić information content (AvgIpc) is 2.47. The number of aryl methyl sites for hydroxylation is 1. The summed E-state index contributed by atoms with van der Waals surface area (Å²) in [6, 6.07) is 6.70. The molecule has 1 aromatic carbocycles. The number of hydrogen-bond donors (Lipinski definition) is 1. The smallest absolute Gasteiger partial charge is 0.165 e. The quantitative estimate of drug-likeness (QED) is 0.881. The molecule has 0 radical (unpaired) electrons. The Morgan fingerprint density at radius 2 is 2.00 bits per heavy atom. The highest BCUT2D eigenvalue weighted by Crippen LogP contribution is 2.24. The molecule has 0 aliphatic rings. The second kappa shape index (κ2) is 7.02. The number of nitrogens with zero attached hydrogens (tertiary/aromatic N) is 2. The van der Waals surface area contributed by atoms with Crippen molar-refractivity contribution < 1.29 is 9.13 Å². The number of anilines is 1. The van der Waals surface area contributed by atoms with Crippen LogP contribution in [0.3, 0.4) is 0 Å². The van der Waals surface area contributed by atoms with E-state index in [4.69, 9.17) is 4.74 Å². The minimum atomic E-state index is -0.413. The van der Waals surface area contributed by atoms with Crippen LogP contribution in [0.2, 0.25) is 0 Å². The van der Waals surface area contributed by atoms with Crippen molar-refractivity contribution in [3.63, 3.8) is 0 Å². The van der Waals surface area contributed by atoms with Crippen LogP contribution in [0.25, 0.3) is 11.4 Å². The third kappa shape index (κ3) is 3.68. The fourth-order valence-electron chi connectivity index (χ4n) is 2.09. The zero-order valence-electron chi connectivity index (χ0n) is 12.6. The zero-order chi connectivity index (χ0) is 15.2. The highest BCUT2D eigenvalue weighted by molar-refractivity contribution is 5.59. The van der Waals surface area contributed by atoms with Crippen molar-refractivity contribution >= 4 is 5.82 Å². The highest BCUT2D eigenvalue weighted by atomic mass is 19.1. The summed E-state index contributed by atoms with van der Waals surface area (Å²) in [7, 11) is 1.44. The molecule has 0 aliphatic heterocycles. The molecule has 0 bridgehead atoms. The molecule has 0 spiro atoms. The van der Waals surface area contributed by atoms with Crippen LogP contribution in [0, 0.1) is 5.82 Å². The Morgan fingerprint density at radius 3 is 2.62 bits per heavy atom. The Bertz CT molecular complexity index is 592. The first-order valence-electron chi connectivity index (χ1n) is 7.13. The molecule has 5 heteroatoms. The van der Waals surface area contributed by atoms with Gasteiger partial charge in [-0.05, 0) is 31.5 Å². The van der Waals surface area contributed by atoms with Gasteiger partial charge in [-0.15, -0.1) is 0 Å². The van der Waals surface area contributed by atoms with Gasteiger partial charge in [-0.2, -0.15) is 0 Å². The minimum absolute atomic E-state index is 0.218. The summed E-state index contributed by atoms with van der Waals surface area (Å²) in [6.07, 6.45) is 1.87. The summed E-state index contributed by atoms with van der Waals surface area (Å²) in [5.41, 5.74) is 1.60. The van der Waals surface area contributed by atoms with Gasteiger partial charge in [0.1, 0.15) is 5.82 Å². The first-order valence-corrected chi connectivity index (χ1v) is 7.13. The predicted octanol–water partition coefficient (Wildman–Crippen LogP) is 3.68. The number of benzene rings is 1. The van der Waals surface area contributed by atoms with Gasteiger partial charge in [0.25, 0.3) is 0 Å². The fraction of sp³-hybridized carbons (Fsp3) is 0.375. The van der Waals surface area contributed by atoms with E-state index in [1.807, 2.05) is 13.0 Å². The summed E-state index contributed by atoms with van der Waals surface area (Å²) >= 11 is 0. The van der Waals surface area contributed by atoms with Crippen molar-refractivity contribution in [2.24, 2.45) is 0 Å². The van der Waals surface area contributed by atoms with Gasteiger partial charge in [-0.25, -0.2) is 14.4 Å². The third-order valence-corrected chi connectivity index (χ3v) is 3.05. The van der Waals surface area contributed by atoms with Crippen LogP contribution < -0.4 is 10.1 Å². The van der Waals surface area contributed by atoms with Crippen molar-refractivity contribution in [3.8, 4) is 17.1 Å². The van der Waals surface area contributed by atoms with Crippen LogP contribution in [0.15, 0.2) is 24.3 Å². The second-order valence-electron chi connectivity index (χ2n) is 4.70. The Labute approximate surface area is 124 Å². The molecule has 112 valence electrons. The van der Waals surface area contributed by atoms with E-state index in [1.165, 1.54) is 13.2 Å². The van der Waals surface area contributed by atoms with Gasteiger partial charge in [-0.3, -0.25) is 0 Å². The number of aromatic nitrogens is 2. The molecule has 0 aliphatic carbocycles. The number of rotatable bonds is 6. The summed E-state index contributed by atoms with van der Waals surface area (Å²) in [5, 5.41) is 3.18. The van der Waals surface area contributed by atoms with Crippen LogP contribution in [-0.4, -0.2) is 23.6 Å². The van der Waals surface area contributed by atoms with Crippen molar-refractivity contribution in [1.29, 1.82) is 0 Å². The van der Waals surface area contributed by atoms with E-state index in [-0.39, 0.29) is 5.75 Å². The average molecular weight is 289 g/mol. The number of ether oxygens (including phenoxy) is 1. The summed E-state index contributed by atoms with van der Waals surface area (Å²) in [4.78, 5) is 8.96. The van der Waals surface area contributed by atoms with Gasteiger partial charge < -0.3 is 10.1 Å². The molecule has 2 aromatic rings. The number of hydrogen-bond acceptors (Lipinski definition) is 4. The van der Waals surface area contributed by atoms with E-state index in [0.717, 1.165) is 30.9 Å². The van der Waals surface area contributed by atoms with Gasteiger partial charge in [-0.1, -0.05) is 13.3 Å². The lowest BCUT2D eigenvalue weighted by atomic mass is 10.1. The monoisotopic (exact) mass is 289 g/mol. The normalized spacial score (nSPS) is 10.5. The Kier molecular flexibility index (Phi) is 5.09. The Hall–Kier alpha value is -2.17. The fourth-order valence-corrected chi connectivity index (χ4v) is 2.09. The minimum Gasteiger partial charge on any atom is -0.494 e. The van der Waals surface area contributed by atoms with Crippen molar-refractivity contribution in [2.45, 2.75) is 26.7 Å². The molecule has 0 atom stereocenters. The van der Waals surface area contributed by atoms with Crippen molar-refractivity contribution in [3.05, 3.63) is 35.8 Å². The molecule has 4 nitrogen and oxygen atoms in total. The molecule has 1 N–H and O–H groups in total. The first kappa shape index (κ1) is 15.2. The van der Waals surface area contributed by atoms with E-state index in [0.29, 0.717) is 11.4 Å². The van der Waals surface area contributed by atoms with Crippen LogP contribution >= 0.6 is 0 Å². The maximum absolute atomic E-state index is 13.8. The molecule has 0 saturated heterocycles. The molecule has 21 heavy (non-hydrogen) atoms. The summed E-state index contributed by atoms with van der Waals surface area (Å²) < 4.78 is 18.8. The van der Waals surface area contributed by atoms with E-state index < -0.39 is 5.82 Å². The van der Waals surface area contributed by atoms with Crippen LogP contribution in [0.4, 0.5) is 10.2 Å². The summed E-state index contributed by atoms with van der Waals surface area (Å²) in [5.74, 6) is 1.10. The van der Waals surface area contributed by atoms with Gasteiger partial charge >= 0.3 is 0 Å². The highest BCUT2D eigenvalue weighted by Gasteiger charge is 2.10. The lowest BCUT2D eigenvalue weighted by molar-refractivity contribution is 0.386. The number of methoxy groups -OCH3 is 1. The molecular weight excluding hydrogens is 269 g/mol. The van der Waals surface area contributed by atoms with Crippen LogP contribution in [0.1, 0.15) is 26.0 Å². The van der Waals surface area contributed by atoms with E-state index in [2.05, 4.69) is 22.2 Å². The lowest BCUT2D eigenvalue weighted by Crippen LogP contribution is -2.04. The Morgan fingerprint density at radius 1 is 1.19 bits per heavy atom. The van der Waals surface area contributed by atoms with Crippen molar-refractivity contribution in [1.82, 2.24) is 9.97 Å². The van der Waals surface area contributed by atoms with E-state index in [1.54, 1.807) is 12.1 Å². The third-order valence-electron chi connectivity index (χ3n) is 3.05. The molecule has 0 saturated carbocycles. The topological polar surface area (TPSA) is 47.0 Å². The zero-order valence-corrected chi connectivity index (χ0v) is 12.6. The summed E-state index contributed by atoms with van der Waals surface area (Å²) in [6.45, 7) is 4.88. The maximum Gasteiger partial charge on any atom is 0.165 e. The standard InChI is InChI=1S/C16H20FN3O/c1-4-6-12-10-15(18-5-2)20-16(19-12)11-7-8-14(21-3)13(17)9-11/h7-10H,4-6H2,1-3H3,(H,18,19,20). The molecule has 0 fully saturated rings. The predicted molar refractivity (Wildman–Crippen MR) is 82.1 cm³/mol. The number of halogens is 1. The number of nitrogens with one attached hydrogen (secondary N) is 1. The van der Waals surface area contributed by atoms with E-state index in [9.17, 15) is 4.39 Å². The van der Waals surface area contributed by atoms with Crippen molar-refractivity contribution in [2.75, 3.05) is 19.0 Å². The van der Waals surface area contributed by atoms with E-state index >= 15 is 0 Å². The van der Waals surface area contributed by atoms with Gasteiger partial charge in [0.05, 0.1) is 7.11 Å². The molecule has 2 rings (SSSR count). The molecule has 1 heterocycles. The maximum atomic E-state index is 13.8. The largest absolute Gasteiger partial charge is 0.494 e. The molecule has 1 aromatic heterocycles. The first-order chi connectivity index (χ1) is 10.2. The Balaban J connectivity index is 2.43. The molecule has 0 unspecified atom stereocenters.